The van der Waals surface area contributed by atoms with Crippen molar-refractivity contribution in [3.8, 4) is 0 Å². The Morgan fingerprint density at radius 2 is 2.18 bits per heavy atom. The average Bonchev–Trinajstić information content (AvgIpc) is 3.08. The van der Waals surface area contributed by atoms with Crippen LogP contribution in [-0.4, -0.2) is 18.7 Å². The second-order valence-electron chi connectivity index (χ2n) is 5.13. The van der Waals surface area contributed by atoms with Crippen molar-refractivity contribution in [2.45, 2.75) is 26.2 Å². The lowest BCUT2D eigenvalue weighted by Gasteiger charge is -2.20. The minimum atomic E-state index is 0.193. The minimum absolute atomic E-state index is 0.193. The molecule has 17 heavy (non-hydrogen) atoms. The molecule has 0 aliphatic heterocycles. The molecule has 1 aliphatic rings. The van der Waals surface area contributed by atoms with Gasteiger partial charge in [-0.15, -0.1) is 0 Å². The van der Waals surface area contributed by atoms with Gasteiger partial charge in [0.1, 0.15) is 0 Å². The molecule has 2 nitrogen and oxygen atoms in total. The van der Waals surface area contributed by atoms with E-state index < -0.39 is 0 Å². The van der Waals surface area contributed by atoms with Gasteiger partial charge in [-0.1, -0.05) is 12.1 Å². The molecule has 1 aromatic carbocycles. The zero-order valence-electron chi connectivity index (χ0n) is 10.4. The van der Waals surface area contributed by atoms with Crippen LogP contribution in [0.25, 0.3) is 0 Å². The molecular weight excluding hydrogens is 230 g/mol. The Hall–Kier alpha value is -0.960. The molecular formula is C14H19NOS. The number of amides is 1. The molecule has 0 aromatic heterocycles. The van der Waals surface area contributed by atoms with Crippen molar-refractivity contribution in [3.63, 3.8) is 0 Å². The van der Waals surface area contributed by atoms with E-state index in [1.54, 1.807) is 4.90 Å². The highest BCUT2D eigenvalue weighted by Crippen LogP contribution is 2.49. The van der Waals surface area contributed by atoms with Crippen molar-refractivity contribution < 1.29 is 4.79 Å². The number of carbonyl (C=O) groups is 1. The third kappa shape index (κ3) is 2.83. The Morgan fingerprint density at radius 3 is 2.71 bits per heavy atom. The number of anilines is 1. The Morgan fingerprint density at radius 1 is 1.47 bits per heavy atom. The molecule has 1 amide bonds. The van der Waals surface area contributed by atoms with E-state index in [4.69, 9.17) is 0 Å². The molecule has 0 bridgehead atoms. The van der Waals surface area contributed by atoms with E-state index in [1.807, 2.05) is 38.2 Å². The van der Waals surface area contributed by atoms with Crippen molar-refractivity contribution >= 4 is 24.2 Å². The summed E-state index contributed by atoms with van der Waals surface area (Å²) in [6.07, 6.45) is 2.91. The van der Waals surface area contributed by atoms with Crippen LogP contribution < -0.4 is 4.90 Å². The zero-order chi connectivity index (χ0) is 12.5. The number of hydrogen-bond donors (Lipinski definition) is 1. The summed E-state index contributed by atoms with van der Waals surface area (Å²) in [6, 6.07) is 8.04. The predicted octanol–water partition coefficient (Wildman–Crippen LogP) is 3.06. The number of nitrogens with zero attached hydrogens (tertiary/aromatic N) is 1. The van der Waals surface area contributed by atoms with E-state index in [9.17, 15) is 4.79 Å². The number of aryl methyl sites for hydroxylation is 1. The van der Waals surface area contributed by atoms with E-state index in [0.29, 0.717) is 6.42 Å². The van der Waals surface area contributed by atoms with Crippen LogP contribution in [0.1, 0.15) is 24.8 Å². The summed E-state index contributed by atoms with van der Waals surface area (Å²) in [5.41, 5.74) is 2.35. The van der Waals surface area contributed by atoms with Crippen LogP contribution >= 0.6 is 12.6 Å². The summed E-state index contributed by atoms with van der Waals surface area (Å²) >= 11 is 4.34. The van der Waals surface area contributed by atoms with Crippen molar-refractivity contribution in [2.75, 3.05) is 17.7 Å². The van der Waals surface area contributed by atoms with E-state index in [2.05, 4.69) is 12.6 Å². The topological polar surface area (TPSA) is 20.3 Å². The highest BCUT2D eigenvalue weighted by atomic mass is 32.1. The van der Waals surface area contributed by atoms with Gasteiger partial charge in [-0.25, -0.2) is 0 Å². The van der Waals surface area contributed by atoms with Gasteiger partial charge in [0, 0.05) is 19.2 Å². The van der Waals surface area contributed by atoms with Gasteiger partial charge in [0.2, 0.25) is 5.91 Å². The number of hydrogen-bond acceptors (Lipinski definition) is 2. The second-order valence-corrected chi connectivity index (χ2v) is 5.44. The second kappa shape index (κ2) is 4.73. The first-order chi connectivity index (χ1) is 8.06. The summed E-state index contributed by atoms with van der Waals surface area (Å²) in [5.74, 6) is 1.02. The lowest BCUT2D eigenvalue weighted by molar-refractivity contribution is -0.119. The monoisotopic (exact) mass is 249 g/mol. The fraction of sp³-hybridized carbons (Fsp3) is 0.500. The first kappa shape index (κ1) is 12.5. The largest absolute Gasteiger partial charge is 0.315 e. The highest BCUT2D eigenvalue weighted by Gasteiger charge is 2.43. The van der Waals surface area contributed by atoms with Gasteiger partial charge in [0.25, 0.3) is 0 Å². The minimum Gasteiger partial charge on any atom is -0.315 e. The van der Waals surface area contributed by atoms with Crippen molar-refractivity contribution in [2.24, 2.45) is 5.41 Å². The van der Waals surface area contributed by atoms with Crippen LogP contribution in [0.15, 0.2) is 24.3 Å². The quantitative estimate of drug-likeness (QED) is 0.813. The third-order valence-corrected chi connectivity index (χ3v) is 4.25. The van der Waals surface area contributed by atoms with Gasteiger partial charge in [-0.3, -0.25) is 4.79 Å². The number of benzene rings is 1. The van der Waals surface area contributed by atoms with Crippen LogP contribution in [0.5, 0.6) is 0 Å². The smallest absolute Gasteiger partial charge is 0.227 e. The fourth-order valence-electron chi connectivity index (χ4n) is 1.99. The van der Waals surface area contributed by atoms with E-state index in [0.717, 1.165) is 24.3 Å². The van der Waals surface area contributed by atoms with Crippen molar-refractivity contribution in [3.05, 3.63) is 29.8 Å². The summed E-state index contributed by atoms with van der Waals surface area (Å²) in [4.78, 5) is 13.9. The Kier molecular flexibility index (Phi) is 3.48. The first-order valence-electron chi connectivity index (χ1n) is 6.00. The highest BCUT2D eigenvalue weighted by molar-refractivity contribution is 7.80. The van der Waals surface area contributed by atoms with Gasteiger partial charge in [0.05, 0.1) is 0 Å². The van der Waals surface area contributed by atoms with Crippen LogP contribution in [-0.2, 0) is 4.79 Å². The zero-order valence-corrected chi connectivity index (χ0v) is 11.3. The molecule has 0 N–H and O–H groups in total. The fourth-order valence-corrected chi connectivity index (χ4v) is 2.42. The normalized spacial score (nSPS) is 16.6. The van der Waals surface area contributed by atoms with Crippen LogP contribution in [0.3, 0.4) is 0 Å². The van der Waals surface area contributed by atoms with Crippen LogP contribution in [0.4, 0.5) is 5.69 Å². The maximum absolute atomic E-state index is 12.2. The van der Waals surface area contributed by atoms with Gasteiger partial charge < -0.3 is 4.90 Å². The average molecular weight is 249 g/mol. The summed E-state index contributed by atoms with van der Waals surface area (Å²) in [6.45, 7) is 2.04. The molecule has 0 saturated heterocycles. The lowest BCUT2D eigenvalue weighted by atomic mass is 10.0. The molecule has 0 radical (unpaired) electrons. The molecule has 1 fully saturated rings. The number of thiol groups is 1. The SMILES string of the molecule is Cc1cccc(N(C)C(=O)CC2(CS)CC2)c1. The van der Waals surface area contributed by atoms with Gasteiger partial charge in [0.15, 0.2) is 0 Å². The third-order valence-electron chi connectivity index (χ3n) is 3.58. The first-order valence-corrected chi connectivity index (χ1v) is 6.64. The maximum atomic E-state index is 12.2. The molecule has 0 unspecified atom stereocenters. The van der Waals surface area contributed by atoms with Gasteiger partial charge >= 0.3 is 0 Å². The van der Waals surface area contributed by atoms with Crippen LogP contribution in [0, 0.1) is 12.3 Å². The van der Waals surface area contributed by atoms with Crippen molar-refractivity contribution in [1.29, 1.82) is 0 Å². The number of rotatable bonds is 4. The van der Waals surface area contributed by atoms with E-state index >= 15 is 0 Å². The standard InChI is InChI=1S/C14H19NOS/c1-11-4-3-5-12(8-11)15(2)13(16)9-14(10-17)6-7-14/h3-5,8,17H,6-7,9-10H2,1-2H3. The summed E-state index contributed by atoms with van der Waals surface area (Å²) < 4.78 is 0. The van der Waals surface area contributed by atoms with E-state index in [1.165, 1.54) is 5.56 Å². The van der Waals surface area contributed by atoms with E-state index in [-0.39, 0.29) is 11.3 Å². The molecule has 1 saturated carbocycles. The van der Waals surface area contributed by atoms with Crippen LogP contribution in [0.2, 0.25) is 0 Å². The lowest BCUT2D eigenvalue weighted by Crippen LogP contribution is -2.29. The molecule has 0 spiro atoms. The molecule has 1 aromatic rings. The predicted molar refractivity (Wildman–Crippen MR) is 74.7 cm³/mol. The molecule has 92 valence electrons. The summed E-state index contributed by atoms with van der Waals surface area (Å²) in [5, 5.41) is 0. The van der Waals surface area contributed by atoms with Gasteiger partial charge in [-0.2, -0.15) is 12.6 Å². The van der Waals surface area contributed by atoms with Crippen molar-refractivity contribution in [1.82, 2.24) is 0 Å². The molecule has 0 atom stereocenters. The molecule has 0 heterocycles. The Balaban J connectivity index is 2.04. The molecule has 1 aliphatic carbocycles. The Bertz CT molecular complexity index is 426. The summed E-state index contributed by atoms with van der Waals surface area (Å²) in [7, 11) is 1.85. The Labute approximate surface area is 108 Å². The molecule has 3 heteroatoms. The maximum Gasteiger partial charge on any atom is 0.227 e. The van der Waals surface area contributed by atoms with Gasteiger partial charge in [-0.05, 0) is 48.6 Å². The molecule has 2 rings (SSSR count). The number of carbonyl (C=O) groups excluding carboxylic acids is 1.